The zero-order valence-corrected chi connectivity index (χ0v) is 13.9. The summed E-state index contributed by atoms with van der Waals surface area (Å²) in [5, 5.41) is 6.98. The van der Waals surface area contributed by atoms with Crippen molar-refractivity contribution in [3.8, 4) is 0 Å². The first-order valence-electron chi connectivity index (χ1n) is 6.28. The first kappa shape index (κ1) is 15.1. The van der Waals surface area contributed by atoms with E-state index in [9.17, 15) is 0 Å². The van der Waals surface area contributed by atoms with E-state index >= 15 is 0 Å². The lowest BCUT2D eigenvalue weighted by Gasteiger charge is -2.12. The highest BCUT2D eigenvalue weighted by molar-refractivity contribution is 9.10. The quantitative estimate of drug-likeness (QED) is 0.827. The number of halogens is 2. The summed E-state index contributed by atoms with van der Waals surface area (Å²) < 4.78 is 0.928. The number of hydrogen-bond donors (Lipinski definition) is 2. The molecule has 0 saturated heterocycles. The highest BCUT2D eigenvalue weighted by Gasteiger charge is 2.09. The lowest BCUT2D eigenvalue weighted by molar-refractivity contribution is 0.778. The summed E-state index contributed by atoms with van der Waals surface area (Å²) in [4.78, 5) is 8.95. The lowest BCUT2D eigenvalue weighted by Crippen LogP contribution is -2.05. The van der Waals surface area contributed by atoms with Gasteiger partial charge in [0.2, 0.25) is 0 Å². The van der Waals surface area contributed by atoms with Gasteiger partial charge in [0, 0.05) is 28.5 Å². The highest BCUT2D eigenvalue weighted by atomic mass is 79.9. The second-order valence-electron chi connectivity index (χ2n) is 4.65. The van der Waals surface area contributed by atoms with Crippen LogP contribution in [0.3, 0.4) is 0 Å². The number of hydrogen-bond acceptors (Lipinski definition) is 4. The van der Waals surface area contributed by atoms with Gasteiger partial charge in [0.05, 0.1) is 5.69 Å². The molecule has 1 aromatic heterocycles. The fourth-order valence-electron chi connectivity index (χ4n) is 1.65. The smallest absolute Gasteiger partial charge is 0.136 e. The Labute approximate surface area is 132 Å². The van der Waals surface area contributed by atoms with E-state index in [4.69, 9.17) is 11.6 Å². The lowest BCUT2D eigenvalue weighted by atomic mass is 10.2. The molecule has 2 N–H and O–H groups in total. The second kappa shape index (κ2) is 6.41. The maximum absolute atomic E-state index is 6.02. The van der Waals surface area contributed by atoms with Gasteiger partial charge in [-0.3, -0.25) is 0 Å². The zero-order chi connectivity index (χ0) is 14.7. The van der Waals surface area contributed by atoms with Gasteiger partial charge in [-0.1, -0.05) is 25.4 Å². The third-order valence-electron chi connectivity index (χ3n) is 2.71. The Morgan fingerprint density at radius 2 is 1.85 bits per heavy atom. The predicted octanol–water partition coefficient (Wildman–Crippen LogP) is 4.80. The van der Waals surface area contributed by atoms with Crippen LogP contribution in [-0.2, 0) is 0 Å². The molecule has 20 heavy (non-hydrogen) atoms. The highest BCUT2D eigenvalue weighted by Crippen LogP contribution is 2.29. The summed E-state index contributed by atoms with van der Waals surface area (Å²) in [5.41, 5.74) is 0.868. The third-order valence-corrected chi connectivity index (χ3v) is 3.63. The van der Waals surface area contributed by atoms with Crippen molar-refractivity contribution in [2.75, 3.05) is 17.7 Å². The second-order valence-corrected chi connectivity index (χ2v) is 5.94. The summed E-state index contributed by atoms with van der Waals surface area (Å²) in [6.07, 6.45) is 0. The number of nitrogens with zero attached hydrogens (tertiary/aromatic N) is 2. The minimum absolute atomic E-state index is 0.256. The van der Waals surface area contributed by atoms with Crippen LogP contribution in [0.4, 0.5) is 17.3 Å². The molecule has 0 spiro atoms. The fourth-order valence-corrected chi connectivity index (χ4v) is 2.17. The van der Waals surface area contributed by atoms with Crippen molar-refractivity contribution in [2.45, 2.75) is 19.8 Å². The van der Waals surface area contributed by atoms with Crippen LogP contribution in [0.15, 0.2) is 28.7 Å². The van der Waals surface area contributed by atoms with E-state index in [2.05, 4.69) is 50.4 Å². The standard InChI is InChI=1S/C14H16BrClN4/c1-8(2)14-19-12(17-3)7-13(20-14)18-11-6-9(16)4-5-10(11)15/h4-8H,1-3H3,(H2,17,18,19,20). The monoisotopic (exact) mass is 354 g/mol. The van der Waals surface area contributed by atoms with Gasteiger partial charge in [-0.05, 0) is 34.1 Å². The molecule has 2 rings (SSSR count). The molecule has 1 aromatic carbocycles. The van der Waals surface area contributed by atoms with Gasteiger partial charge in [-0.2, -0.15) is 0 Å². The molecule has 0 bridgehead atoms. The largest absolute Gasteiger partial charge is 0.373 e. The Balaban J connectivity index is 2.37. The van der Waals surface area contributed by atoms with Crippen molar-refractivity contribution < 1.29 is 0 Å². The normalized spacial score (nSPS) is 10.7. The maximum Gasteiger partial charge on any atom is 0.136 e. The van der Waals surface area contributed by atoms with Crippen LogP contribution in [0.5, 0.6) is 0 Å². The first-order valence-corrected chi connectivity index (χ1v) is 7.45. The van der Waals surface area contributed by atoms with E-state index < -0.39 is 0 Å². The first-order chi connectivity index (χ1) is 9.49. The molecule has 0 atom stereocenters. The molecule has 0 unspecified atom stereocenters. The van der Waals surface area contributed by atoms with E-state index in [1.807, 2.05) is 31.3 Å². The molecule has 6 heteroatoms. The SMILES string of the molecule is CNc1cc(Nc2cc(Cl)ccc2Br)nc(C(C)C)n1. The van der Waals surface area contributed by atoms with Gasteiger partial charge in [0.15, 0.2) is 0 Å². The van der Waals surface area contributed by atoms with Gasteiger partial charge in [-0.15, -0.1) is 0 Å². The molecule has 0 amide bonds. The maximum atomic E-state index is 6.02. The van der Waals surface area contributed by atoms with E-state index in [0.717, 1.165) is 27.6 Å². The van der Waals surface area contributed by atoms with Crippen molar-refractivity contribution in [3.63, 3.8) is 0 Å². The van der Waals surface area contributed by atoms with Crippen LogP contribution >= 0.6 is 27.5 Å². The Hall–Kier alpha value is -1.33. The van der Waals surface area contributed by atoms with Gasteiger partial charge >= 0.3 is 0 Å². The molecule has 0 aliphatic carbocycles. The molecule has 0 saturated carbocycles. The third kappa shape index (κ3) is 3.61. The Kier molecular flexibility index (Phi) is 4.83. The Bertz CT molecular complexity index is 616. The number of anilines is 3. The summed E-state index contributed by atoms with van der Waals surface area (Å²) in [6, 6.07) is 7.44. The molecule has 0 aliphatic rings. The van der Waals surface area contributed by atoms with Crippen LogP contribution in [0.2, 0.25) is 5.02 Å². The number of rotatable bonds is 4. The molecular weight excluding hydrogens is 340 g/mol. The van der Waals surface area contributed by atoms with Crippen molar-refractivity contribution in [1.82, 2.24) is 9.97 Å². The van der Waals surface area contributed by atoms with Crippen molar-refractivity contribution in [1.29, 1.82) is 0 Å². The minimum Gasteiger partial charge on any atom is -0.373 e. The fraction of sp³-hybridized carbons (Fsp3) is 0.286. The molecule has 106 valence electrons. The van der Waals surface area contributed by atoms with Crippen LogP contribution in [0.1, 0.15) is 25.6 Å². The number of aromatic nitrogens is 2. The summed E-state index contributed by atoms with van der Waals surface area (Å²) in [7, 11) is 1.84. The van der Waals surface area contributed by atoms with E-state index in [1.165, 1.54) is 0 Å². The molecular formula is C14H16BrClN4. The van der Waals surface area contributed by atoms with Crippen LogP contribution in [-0.4, -0.2) is 17.0 Å². The topological polar surface area (TPSA) is 49.8 Å². The summed E-state index contributed by atoms with van der Waals surface area (Å²) >= 11 is 9.51. The van der Waals surface area contributed by atoms with Crippen LogP contribution in [0.25, 0.3) is 0 Å². The molecule has 1 heterocycles. The van der Waals surface area contributed by atoms with Gasteiger partial charge < -0.3 is 10.6 Å². The minimum atomic E-state index is 0.256. The zero-order valence-electron chi connectivity index (χ0n) is 11.5. The van der Waals surface area contributed by atoms with E-state index in [0.29, 0.717) is 5.02 Å². The molecule has 0 aliphatic heterocycles. The average molecular weight is 356 g/mol. The number of benzene rings is 1. The Morgan fingerprint density at radius 3 is 2.50 bits per heavy atom. The molecule has 0 radical (unpaired) electrons. The van der Waals surface area contributed by atoms with E-state index in [-0.39, 0.29) is 5.92 Å². The summed E-state index contributed by atoms with van der Waals surface area (Å²) in [6.45, 7) is 4.13. The van der Waals surface area contributed by atoms with Crippen LogP contribution < -0.4 is 10.6 Å². The average Bonchev–Trinajstić information content (AvgIpc) is 2.42. The van der Waals surface area contributed by atoms with Gasteiger partial charge in [0.1, 0.15) is 17.5 Å². The van der Waals surface area contributed by atoms with Crippen molar-refractivity contribution in [3.05, 3.63) is 39.6 Å². The van der Waals surface area contributed by atoms with Gasteiger partial charge in [-0.25, -0.2) is 9.97 Å². The molecule has 2 aromatic rings. The van der Waals surface area contributed by atoms with Crippen molar-refractivity contribution >= 4 is 44.9 Å². The number of nitrogens with one attached hydrogen (secondary N) is 2. The molecule has 0 fully saturated rings. The van der Waals surface area contributed by atoms with Crippen LogP contribution in [0, 0.1) is 0 Å². The van der Waals surface area contributed by atoms with Gasteiger partial charge in [0.25, 0.3) is 0 Å². The Morgan fingerprint density at radius 1 is 1.15 bits per heavy atom. The molecule has 4 nitrogen and oxygen atoms in total. The summed E-state index contributed by atoms with van der Waals surface area (Å²) in [5.74, 6) is 2.56. The van der Waals surface area contributed by atoms with E-state index in [1.54, 1.807) is 0 Å². The predicted molar refractivity (Wildman–Crippen MR) is 88.1 cm³/mol. The van der Waals surface area contributed by atoms with Crippen molar-refractivity contribution in [2.24, 2.45) is 0 Å².